The summed E-state index contributed by atoms with van der Waals surface area (Å²) in [6, 6.07) is 7.74. The number of carbonyl (C=O) groups excluding carboxylic acids is 1. The minimum Gasteiger partial charge on any atom is -0.325 e. The molecule has 98 valence electrons. The Morgan fingerprint density at radius 2 is 2.22 bits per heavy atom. The first-order valence-corrected chi connectivity index (χ1v) is 7.82. The molecule has 1 aromatic rings. The molecule has 2 atom stereocenters. The highest BCUT2D eigenvalue weighted by molar-refractivity contribution is 8.00. The lowest BCUT2D eigenvalue weighted by Crippen LogP contribution is -2.27. The summed E-state index contributed by atoms with van der Waals surface area (Å²) in [5.41, 5.74) is 1.82. The average Bonchev–Trinajstić information content (AvgIpc) is 2.40. The van der Waals surface area contributed by atoms with Crippen molar-refractivity contribution in [1.82, 2.24) is 0 Å². The van der Waals surface area contributed by atoms with Gasteiger partial charge in [0, 0.05) is 5.69 Å². The SMILES string of the molecule is CC(Cl)c1ccccc1NC(=O)C1CCCCS1. The Labute approximate surface area is 117 Å². The van der Waals surface area contributed by atoms with Gasteiger partial charge in [-0.1, -0.05) is 24.6 Å². The predicted molar refractivity (Wildman–Crippen MR) is 79.4 cm³/mol. The second kappa shape index (κ2) is 6.48. The number of carbonyl (C=O) groups is 1. The van der Waals surface area contributed by atoms with Crippen LogP contribution in [0.1, 0.15) is 37.1 Å². The number of halogens is 1. The highest BCUT2D eigenvalue weighted by Gasteiger charge is 2.22. The lowest BCUT2D eigenvalue weighted by atomic mass is 10.1. The molecule has 2 rings (SSSR count). The molecule has 0 aliphatic carbocycles. The summed E-state index contributed by atoms with van der Waals surface area (Å²) in [5, 5.41) is 3.02. The van der Waals surface area contributed by atoms with Crippen LogP contribution in [0, 0.1) is 0 Å². The zero-order valence-electron chi connectivity index (χ0n) is 10.5. The van der Waals surface area contributed by atoms with Crippen LogP contribution in [-0.4, -0.2) is 16.9 Å². The number of hydrogen-bond acceptors (Lipinski definition) is 2. The van der Waals surface area contributed by atoms with Crippen molar-refractivity contribution in [1.29, 1.82) is 0 Å². The molecule has 1 heterocycles. The van der Waals surface area contributed by atoms with Crippen LogP contribution in [0.15, 0.2) is 24.3 Å². The highest BCUT2D eigenvalue weighted by Crippen LogP contribution is 2.29. The third-order valence-electron chi connectivity index (χ3n) is 3.12. The first kappa shape index (κ1) is 13.8. The number of thioether (sulfide) groups is 1. The third kappa shape index (κ3) is 3.42. The average molecular weight is 284 g/mol. The molecule has 0 radical (unpaired) electrons. The zero-order chi connectivity index (χ0) is 13.0. The van der Waals surface area contributed by atoms with Gasteiger partial charge in [0.1, 0.15) is 0 Å². The van der Waals surface area contributed by atoms with Crippen molar-refractivity contribution in [2.75, 3.05) is 11.1 Å². The molecule has 1 N–H and O–H groups in total. The van der Waals surface area contributed by atoms with E-state index in [4.69, 9.17) is 11.6 Å². The van der Waals surface area contributed by atoms with Crippen LogP contribution in [0.4, 0.5) is 5.69 Å². The molecule has 2 unspecified atom stereocenters. The summed E-state index contributed by atoms with van der Waals surface area (Å²) in [7, 11) is 0. The zero-order valence-corrected chi connectivity index (χ0v) is 12.1. The molecule has 0 aromatic heterocycles. The predicted octanol–water partition coefficient (Wildman–Crippen LogP) is 4.21. The van der Waals surface area contributed by atoms with Gasteiger partial charge in [0.2, 0.25) is 5.91 Å². The van der Waals surface area contributed by atoms with Gasteiger partial charge in [-0.25, -0.2) is 0 Å². The molecule has 1 amide bonds. The highest BCUT2D eigenvalue weighted by atomic mass is 35.5. The van der Waals surface area contributed by atoms with E-state index in [2.05, 4.69) is 5.32 Å². The number of rotatable bonds is 3. The minimum atomic E-state index is -0.0968. The fourth-order valence-electron chi connectivity index (χ4n) is 2.12. The largest absolute Gasteiger partial charge is 0.325 e. The van der Waals surface area contributed by atoms with Gasteiger partial charge in [-0.2, -0.15) is 0 Å². The number of benzene rings is 1. The Hall–Kier alpha value is -0.670. The van der Waals surface area contributed by atoms with Crippen LogP contribution in [0.5, 0.6) is 0 Å². The fourth-order valence-corrected chi connectivity index (χ4v) is 3.51. The van der Waals surface area contributed by atoms with Gasteiger partial charge in [-0.15, -0.1) is 23.4 Å². The van der Waals surface area contributed by atoms with Crippen LogP contribution in [0.3, 0.4) is 0 Å². The van der Waals surface area contributed by atoms with Crippen molar-refractivity contribution < 1.29 is 4.79 Å². The Morgan fingerprint density at radius 1 is 1.44 bits per heavy atom. The number of nitrogens with one attached hydrogen (secondary N) is 1. The maximum Gasteiger partial charge on any atom is 0.237 e. The number of amides is 1. The summed E-state index contributed by atoms with van der Waals surface area (Å²) in [5.74, 6) is 1.20. The van der Waals surface area contributed by atoms with Gasteiger partial charge in [-0.3, -0.25) is 4.79 Å². The first-order valence-electron chi connectivity index (χ1n) is 6.34. The lowest BCUT2D eigenvalue weighted by molar-refractivity contribution is -0.115. The molecule has 2 nitrogen and oxygen atoms in total. The second-order valence-electron chi connectivity index (χ2n) is 4.55. The number of hydrogen-bond donors (Lipinski definition) is 1. The number of para-hydroxylation sites is 1. The van der Waals surface area contributed by atoms with Crippen molar-refractivity contribution in [3.05, 3.63) is 29.8 Å². The van der Waals surface area contributed by atoms with E-state index in [9.17, 15) is 4.79 Å². The maximum atomic E-state index is 12.2. The fraction of sp³-hybridized carbons (Fsp3) is 0.500. The van der Waals surface area contributed by atoms with E-state index in [0.717, 1.165) is 29.8 Å². The topological polar surface area (TPSA) is 29.1 Å². The third-order valence-corrected chi connectivity index (χ3v) is 4.73. The molecular formula is C14H18ClNOS. The maximum absolute atomic E-state index is 12.2. The van der Waals surface area contributed by atoms with E-state index >= 15 is 0 Å². The van der Waals surface area contributed by atoms with E-state index in [-0.39, 0.29) is 16.5 Å². The molecule has 18 heavy (non-hydrogen) atoms. The van der Waals surface area contributed by atoms with Gasteiger partial charge in [-0.05, 0) is 37.1 Å². The quantitative estimate of drug-likeness (QED) is 0.842. The molecule has 1 aromatic carbocycles. The van der Waals surface area contributed by atoms with Gasteiger partial charge < -0.3 is 5.32 Å². The summed E-state index contributed by atoms with van der Waals surface area (Å²) in [6.45, 7) is 1.92. The summed E-state index contributed by atoms with van der Waals surface area (Å²) >= 11 is 7.88. The number of alkyl halides is 1. The van der Waals surface area contributed by atoms with E-state index in [1.54, 1.807) is 11.8 Å². The molecule has 1 aliphatic rings. The molecule has 4 heteroatoms. The molecule has 1 fully saturated rings. The summed E-state index contributed by atoms with van der Waals surface area (Å²) < 4.78 is 0. The summed E-state index contributed by atoms with van der Waals surface area (Å²) in [4.78, 5) is 12.2. The van der Waals surface area contributed by atoms with Crippen LogP contribution < -0.4 is 5.32 Å². The number of anilines is 1. The monoisotopic (exact) mass is 283 g/mol. The van der Waals surface area contributed by atoms with E-state index < -0.39 is 0 Å². The van der Waals surface area contributed by atoms with Gasteiger partial charge in [0.05, 0.1) is 10.6 Å². The van der Waals surface area contributed by atoms with Gasteiger partial charge in [0.15, 0.2) is 0 Å². The smallest absolute Gasteiger partial charge is 0.237 e. The minimum absolute atomic E-state index is 0.0948. The van der Waals surface area contributed by atoms with Crippen molar-refractivity contribution >= 4 is 35.0 Å². The summed E-state index contributed by atoms with van der Waals surface area (Å²) in [6.07, 6.45) is 3.36. The Balaban J connectivity index is 2.06. The van der Waals surface area contributed by atoms with Gasteiger partial charge in [0.25, 0.3) is 0 Å². The van der Waals surface area contributed by atoms with Crippen molar-refractivity contribution in [2.45, 2.75) is 36.8 Å². The van der Waals surface area contributed by atoms with Crippen LogP contribution >= 0.6 is 23.4 Å². The van der Waals surface area contributed by atoms with E-state index in [1.165, 1.54) is 6.42 Å². The first-order chi connectivity index (χ1) is 8.68. The molecule has 0 bridgehead atoms. The lowest BCUT2D eigenvalue weighted by Gasteiger charge is -2.21. The van der Waals surface area contributed by atoms with E-state index in [1.807, 2.05) is 31.2 Å². The molecule has 0 spiro atoms. The van der Waals surface area contributed by atoms with E-state index in [0.29, 0.717) is 0 Å². The van der Waals surface area contributed by atoms with Crippen LogP contribution in [0.25, 0.3) is 0 Å². The van der Waals surface area contributed by atoms with Crippen LogP contribution in [0.2, 0.25) is 0 Å². The molecule has 1 saturated heterocycles. The normalized spacial score (nSPS) is 21.3. The Morgan fingerprint density at radius 3 is 2.89 bits per heavy atom. The Bertz CT molecular complexity index is 416. The van der Waals surface area contributed by atoms with Crippen molar-refractivity contribution in [2.24, 2.45) is 0 Å². The molecule has 0 saturated carbocycles. The Kier molecular flexibility index (Phi) is 4.95. The van der Waals surface area contributed by atoms with Gasteiger partial charge >= 0.3 is 0 Å². The molecule has 1 aliphatic heterocycles. The molecular weight excluding hydrogens is 266 g/mol. The standard InChI is InChI=1S/C14H18ClNOS/c1-10(15)11-6-2-3-7-12(11)16-14(17)13-8-4-5-9-18-13/h2-3,6-7,10,13H,4-5,8-9H2,1H3,(H,16,17). The van der Waals surface area contributed by atoms with Crippen molar-refractivity contribution in [3.8, 4) is 0 Å². The van der Waals surface area contributed by atoms with Crippen LogP contribution in [-0.2, 0) is 4.79 Å². The van der Waals surface area contributed by atoms with Crippen molar-refractivity contribution in [3.63, 3.8) is 0 Å². The second-order valence-corrected chi connectivity index (χ2v) is 6.51.